The quantitative estimate of drug-likeness (QED) is 0.520. The molecular formula is C25H26F3N3O3S. The number of halogens is 3. The fourth-order valence-corrected chi connectivity index (χ4v) is 6.54. The van der Waals surface area contributed by atoms with Gasteiger partial charge >= 0.3 is 6.18 Å². The Kier molecular flexibility index (Phi) is 6.13. The second-order valence-corrected chi connectivity index (χ2v) is 11.0. The third kappa shape index (κ3) is 4.45. The van der Waals surface area contributed by atoms with E-state index in [2.05, 4.69) is 4.90 Å². The van der Waals surface area contributed by atoms with E-state index in [-0.39, 0.29) is 10.8 Å². The van der Waals surface area contributed by atoms with Crippen molar-refractivity contribution in [3.63, 3.8) is 0 Å². The minimum absolute atomic E-state index is 0.147. The van der Waals surface area contributed by atoms with Gasteiger partial charge in [-0.15, -0.1) is 0 Å². The first-order valence-electron chi connectivity index (χ1n) is 11.7. The van der Waals surface area contributed by atoms with E-state index >= 15 is 0 Å². The lowest BCUT2D eigenvalue weighted by atomic mass is 10.1. The van der Waals surface area contributed by atoms with Gasteiger partial charge in [0.15, 0.2) is 0 Å². The molecule has 5 rings (SSSR count). The molecule has 2 fully saturated rings. The summed E-state index contributed by atoms with van der Waals surface area (Å²) in [7, 11) is -4.15. The van der Waals surface area contributed by atoms with Gasteiger partial charge in [0.2, 0.25) is 0 Å². The highest BCUT2D eigenvalue weighted by Gasteiger charge is 2.32. The topological polar surface area (TPSA) is 62.6 Å². The molecule has 1 saturated carbocycles. The van der Waals surface area contributed by atoms with Crippen LogP contribution in [0.2, 0.25) is 0 Å². The van der Waals surface area contributed by atoms with Gasteiger partial charge in [0.05, 0.1) is 16.0 Å². The SMILES string of the molecule is O=C(c1cccc2c1ccn2S(=O)(=O)c1ccc(C(F)(F)F)cc1)N1CCN(C2CCCC2)CC1. The van der Waals surface area contributed by atoms with Crippen LogP contribution in [0.5, 0.6) is 0 Å². The minimum Gasteiger partial charge on any atom is -0.336 e. The van der Waals surface area contributed by atoms with Crippen molar-refractivity contribution >= 4 is 26.8 Å². The Morgan fingerprint density at radius 2 is 1.54 bits per heavy atom. The van der Waals surface area contributed by atoms with Crippen molar-refractivity contribution in [2.75, 3.05) is 26.2 Å². The number of carbonyl (C=O) groups excluding carboxylic acids is 1. The summed E-state index contributed by atoms with van der Waals surface area (Å²) in [6.45, 7) is 2.90. The average molecular weight is 506 g/mol. The van der Waals surface area contributed by atoms with Crippen molar-refractivity contribution in [2.24, 2.45) is 0 Å². The molecule has 2 heterocycles. The number of benzene rings is 2. The Balaban J connectivity index is 1.40. The first kappa shape index (κ1) is 23.9. The van der Waals surface area contributed by atoms with E-state index < -0.39 is 21.8 Å². The Bertz CT molecular complexity index is 1340. The predicted octanol–water partition coefficient (Wildman–Crippen LogP) is 4.60. The van der Waals surface area contributed by atoms with Gasteiger partial charge in [0, 0.05) is 49.4 Å². The number of nitrogens with zero attached hydrogens (tertiary/aromatic N) is 3. The number of piperazine rings is 1. The van der Waals surface area contributed by atoms with E-state index in [1.165, 1.54) is 31.9 Å². The lowest BCUT2D eigenvalue weighted by molar-refractivity contribution is -0.137. The highest BCUT2D eigenvalue weighted by Crippen LogP contribution is 2.31. The van der Waals surface area contributed by atoms with Crippen molar-refractivity contribution in [3.05, 3.63) is 65.9 Å². The maximum Gasteiger partial charge on any atom is 0.416 e. The van der Waals surface area contributed by atoms with Gasteiger partial charge in [-0.3, -0.25) is 9.69 Å². The van der Waals surface area contributed by atoms with Crippen molar-refractivity contribution in [1.82, 2.24) is 13.8 Å². The van der Waals surface area contributed by atoms with Crippen LogP contribution in [0.3, 0.4) is 0 Å². The first-order valence-corrected chi connectivity index (χ1v) is 13.2. The Morgan fingerprint density at radius 1 is 0.886 bits per heavy atom. The van der Waals surface area contributed by atoms with Crippen LogP contribution in [-0.4, -0.2) is 60.3 Å². The molecule has 0 atom stereocenters. The molecule has 2 aliphatic rings. The minimum atomic E-state index is -4.56. The average Bonchev–Trinajstić information content (AvgIpc) is 3.54. The lowest BCUT2D eigenvalue weighted by Crippen LogP contribution is -2.51. The zero-order valence-corrected chi connectivity index (χ0v) is 19.9. The normalized spacial score (nSPS) is 18.4. The van der Waals surface area contributed by atoms with Crippen molar-refractivity contribution in [1.29, 1.82) is 0 Å². The van der Waals surface area contributed by atoms with E-state index in [1.807, 2.05) is 4.90 Å². The standard InChI is InChI=1S/C25H26F3N3O3S/c26-25(27,28)18-8-10-20(11-9-18)35(33,34)31-13-12-21-22(6-3-7-23(21)31)24(32)30-16-14-29(15-17-30)19-4-1-2-5-19/h3,6-13,19H,1-2,4-5,14-17H2. The summed E-state index contributed by atoms with van der Waals surface area (Å²) in [5.41, 5.74) is -0.201. The van der Waals surface area contributed by atoms with Crippen LogP contribution in [0.4, 0.5) is 13.2 Å². The number of rotatable bonds is 4. The van der Waals surface area contributed by atoms with Crippen LogP contribution in [0.25, 0.3) is 10.9 Å². The van der Waals surface area contributed by atoms with Crippen molar-refractivity contribution in [3.8, 4) is 0 Å². The first-order chi connectivity index (χ1) is 16.7. The van der Waals surface area contributed by atoms with E-state index in [9.17, 15) is 26.4 Å². The fourth-order valence-electron chi connectivity index (χ4n) is 5.20. The van der Waals surface area contributed by atoms with Gasteiger partial charge in [0.1, 0.15) is 0 Å². The largest absolute Gasteiger partial charge is 0.416 e. The molecule has 10 heteroatoms. The number of hydrogen-bond acceptors (Lipinski definition) is 4. The maximum absolute atomic E-state index is 13.3. The number of hydrogen-bond donors (Lipinski definition) is 0. The monoisotopic (exact) mass is 505 g/mol. The molecule has 6 nitrogen and oxygen atoms in total. The van der Waals surface area contributed by atoms with Crippen LogP contribution in [0.15, 0.2) is 59.6 Å². The number of aromatic nitrogens is 1. The van der Waals surface area contributed by atoms with Crippen LogP contribution >= 0.6 is 0 Å². The van der Waals surface area contributed by atoms with E-state index in [0.29, 0.717) is 35.6 Å². The predicted molar refractivity (Wildman–Crippen MR) is 126 cm³/mol. The molecule has 1 aliphatic heterocycles. The summed E-state index contributed by atoms with van der Waals surface area (Å²) < 4.78 is 66.0. The molecule has 3 aromatic rings. The Morgan fingerprint density at radius 3 is 2.17 bits per heavy atom. The molecule has 186 valence electrons. The molecule has 0 unspecified atom stereocenters. The zero-order valence-electron chi connectivity index (χ0n) is 19.0. The van der Waals surface area contributed by atoms with Crippen molar-refractivity contribution in [2.45, 2.75) is 42.8 Å². The summed E-state index contributed by atoms with van der Waals surface area (Å²) in [4.78, 5) is 17.4. The van der Waals surface area contributed by atoms with E-state index in [0.717, 1.165) is 41.3 Å². The molecular weight excluding hydrogens is 479 g/mol. The molecule has 0 N–H and O–H groups in total. The summed E-state index contributed by atoms with van der Waals surface area (Å²) in [5, 5.41) is 0.492. The lowest BCUT2D eigenvalue weighted by Gasteiger charge is -2.38. The number of fused-ring (bicyclic) bond motifs is 1. The molecule has 2 aromatic carbocycles. The van der Waals surface area contributed by atoms with Gasteiger partial charge in [0.25, 0.3) is 15.9 Å². The van der Waals surface area contributed by atoms with Crippen LogP contribution in [0, 0.1) is 0 Å². The summed E-state index contributed by atoms with van der Waals surface area (Å²) in [6.07, 6.45) is 1.74. The Labute approximate surface area is 202 Å². The van der Waals surface area contributed by atoms with Crippen LogP contribution in [-0.2, 0) is 16.2 Å². The molecule has 1 amide bonds. The maximum atomic E-state index is 13.3. The zero-order chi connectivity index (χ0) is 24.8. The number of amides is 1. The molecule has 1 saturated heterocycles. The molecule has 35 heavy (non-hydrogen) atoms. The Hall–Kier alpha value is -2.85. The third-order valence-corrected chi connectivity index (χ3v) is 8.81. The van der Waals surface area contributed by atoms with Crippen molar-refractivity contribution < 1.29 is 26.4 Å². The second-order valence-electron chi connectivity index (χ2n) is 9.14. The highest BCUT2D eigenvalue weighted by molar-refractivity contribution is 7.90. The van der Waals surface area contributed by atoms with Crippen LogP contribution < -0.4 is 0 Å². The molecule has 1 aromatic heterocycles. The van der Waals surface area contributed by atoms with E-state index in [1.54, 1.807) is 24.3 Å². The number of carbonyl (C=O) groups is 1. The summed E-state index contributed by atoms with van der Waals surface area (Å²) in [5.74, 6) is -0.147. The van der Waals surface area contributed by atoms with Gasteiger partial charge in [-0.25, -0.2) is 12.4 Å². The van der Waals surface area contributed by atoms with Gasteiger partial charge in [-0.05, 0) is 55.3 Å². The molecule has 0 spiro atoms. The van der Waals surface area contributed by atoms with Crippen LogP contribution in [0.1, 0.15) is 41.6 Å². The smallest absolute Gasteiger partial charge is 0.336 e. The molecule has 0 bridgehead atoms. The van der Waals surface area contributed by atoms with Gasteiger partial charge < -0.3 is 4.90 Å². The van der Waals surface area contributed by atoms with Gasteiger partial charge in [-0.2, -0.15) is 13.2 Å². The molecule has 0 radical (unpaired) electrons. The molecule has 1 aliphatic carbocycles. The fraction of sp³-hybridized carbons (Fsp3) is 0.400. The van der Waals surface area contributed by atoms with Gasteiger partial charge in [-0.1, -0.05) is 18.9 Å². The highest BCUT2D eigenvalue weighted by atomic mass is 32.2. The number of alkyl halides is 3. The van der Waals surface area contributed by atoms with E-state index in [4.69, 9.17) is 0 Å². The second kappa shape index (κ2) is 8.98. The summed E-state index contributed by atoms with van der Waals surface area (Å²) >= 11 is 0. The summed E-state index contributed by atoms with van der Waals surface area (Å²) in [6, 6.07) is 10.5. The third-order valence-electron chi connectivity index (χ3n) is 7.11.